The lowest BCUT2D eigenvalue weighted by Gasteiger charge is -2.42. The van der Waals surface area contributed by atoms with Crippen molar-refractivity contribution >= 4 is 40.3 Å². The molecule has 2 aromatic rings. The fourth-order valence-electron chi connectivity index (χ4n) is 3.85. The van der Waals surface area contributed by atoms with E-state index in [9.17, 15) is 9.59 Å². The maximum absolute atomic E-state index is 12.2. The quantitative estimate of drug-likeness (QED) is 0.813. The van der Waals surface area contributed by atoms with Gasteiger partial charge in [0.25, 0.3) is 5.89 Å². The summed E-state index contributed by atoms with van der Waals surface area (Å²) in [6.45, 7) is 0. The molecule has 7 nitrogen and oxygen atoms in total. The van der Waals surface area contributed by atoms with Gasteiger partial charge in [-0.2, -0.15) is 0 Å². The van der Waals surface area contributed by atoms with E-state index in [0.717, 1.165) is 37.7 Å². The van der Waals surface area contributed by atoms with Crippen LogP contribution in [0.4, 0.5) is 10.5 Å². The summed E-state index contributed by atoms with van der Waals surface area (Å²) in [7, 11) is 3.29. The van der Waals surface area contributed by atoms with Crippen LogP contribution in [0, 0.1) is 0 Å². The summed E-state index contributed by atoms with van der Waals surface area (Å²) in [6, 6.07) is 1.37. The first-order chi connectivity index (χ1) is 11.9. The summed E-state index contributed by atoms with van der Waals surface area (Å²) in [4.78, 5) is 30.2. The average molecular weight is 363 g/mol. The van der Waals surface area contributed by atoms with Crippen molar-refractivity contribution < 1.29 is 14.0 Å². The van der Waals surface area contributed by atoms with Gasteiger partial charge in [-0.1, -0.05) is 30.9 Å². The minimum atomic E-state index is -0.531. The van der Waals surface area contributed by atoms with E-state index in [4.69, 9.17) is 16.0 Å². The highest BCUT2D eigenvalue weighted by molar-refractivity contribution is 6.35. The number of halogens is 1. The molecule has 2 aliphatic rings. The molecule has 2 heterocycles. The van der Waals surface area contributed by atoms with E-state index in [2.05, 4.69) is 15.6 Å². The number of carbonyl (C=O) groups excluding carboxylic acids is 2. The van der Waals surface area contributed by atoms with Gasteiger partial charge >= 0.3 is 11.9 Å². The third kappa shape index (κ3) is 2.45. The van der Waals surface area contributed by atoms with Crippen molar-refractivity contribution in [2.24, 2.45) is 0 Å². The number of nitrogens with zero attached hydrogens (tertiary/aromatic N) is 2. The number of carbonyl (C=O) groups is 2. The van der Waals surface area contributed by atoms with E-state index < -0.39 is 5.54 Å². The van der Waals surface area contributed by atoms with Crippen LogP contribution in [-0.2, 0) is 5.54 Å². The van der Waals surface area contributed by atoms with Crippen molar-refractivity contribution in [1.29, 1.82) is 0 Å². The van der Waals surface area contributed by atoms with Crippen molar-refractivity contribution in [2.75, 3.05) is 19.4 Å². The monoisotopic (exact) mass is 362 g/mol. The predicted molar refractivity (Wildman–Crippen MR) is 94.0 cm³/mol. The Morgan fingerprint density at radius 1 is 1.32 bits per heavy atom. The van der Waals surface area contributed by atoms with Gasteiger partial charge in [-0.15, -0.1) is 0 Å². The summed E-state index contributed by atoms with van der Waals surface area (Å²) in [5.41, 5.74) is 1.87. The van der Waals surface area contributed by atoms with E-state index in [1.165, 1.54) is 4.90 Å². The average Bonchev–Trinajstić information content (AvgIpc) is 2.98. The second-order valence-corrected chi connectivity index (χ2v) is 7.30. The fraction of sp³-hybridized carbons (Fsp3) is 0.471. The summed E-state index contributed by atoms with van der Waals surface area (Å²) < 4.78 is 5.86. The van der Waals surface area contributed by atoms with Gasteiger partial charge in [-0.05, 0) is 18.9 Å². The second kappa shape index (κ2) is 5.62. The van der Waals surface area contributed by atoms with Crippen molar-refractivity contribution in [3.05, 3.63) is 22.5 Å². The number of oxazole rings is 1. The molecule has 0 radical (unpaired) electrons. The Bertz CT molecular complexity index is 884. The number of amides is 3. The van der Waals surface area contributed by atoms with E-state index in [-0.39, 0.29) is 17.8 Å². The molecule has 1 aromatic carbocycles. The topological polar surface area (TPSA) is 87.5 Å². The fourth-order valence-corrected chi connectivity index (χ4v) is 4.10. The molecule has 1 spiro atoms. The number of hydrogen-bond acceptors (Lipinski definition) is 4. The van der Waals surface area contributed by atoms with Crippen molar-refractivity contribution in [3.63, 3.8) is 0 Å². The van der Waals surface area contributed by atoms with Gasteiger partial charge in [-0.3, -0.25) is 4.79 Å². The zero-order valence-corrected chi connectivity index (χ0v) is 14.9. The molecule has 0 unspecified atom stereocenters. The molecule has 4 rings (SSSR count). The molecule has 3 amide bonds. The number of fused-ring (bicyclic) bond motifs is 4. The third-order valence-electron chi connectivity index (χ3n) is 5.00. The molecule has 8 heteroatoms. The molecule has 1 aliphatic carbocycles. The molecular weight excluding hydrogens is 344 g/mol. The van der Waals surface area contributed by atoms with Gasteiger partial charge in [-0.25, -0.2) is 9.78 Å². The van der Waals surface area contributed by atoms with Crippen LogP contribution in [0.1, 0.15) is 48.4 Å². The lowest BCUT2D eigenvalue weighted by Crippen LogP contribution is -2.52. The molecule has 0 bridgehead atoms. The molecule has 132 valence electrons. The Kier molecular flexibility index (Phi) is 3.64. The predicted octanol–water partition coefficient (Wildman–Crippen LogP) is 3.48. The van der Waals surface area contributed by atoms with Gasteiger partial charge in [0.15, 0.2) is 5.58 Å². The highest BCUT2D eigenvalue weighted by atomic mass is 35.5. The first kappa shape index (κ1) is 16.2. The second-order valence-electron chi connectivity index (χ2n) is 6.90. The Morgan fingerprint density at radius 3 is 2.72 bits per heavy atom. The molecule has 2 N–H and O–H groups in total. The number of anilines is 1. The number of nitrogens with one attached hydrogen (secondary N) is 2. The van der Waals surface area contributed by atoms with Crippen LogP contribution in [0.25, 0.3) is 11.1 Å². The lowest BCUT2D eigenvalue weighted by atomic mass is 9.74. The van der Waals surface area contributed by atoms with Crippen LogP contribution < -0.4 is 10.6 Å². The van der Waals surface area contributed by atoms with Gasteiger partial charge in [0.05, 0.1) is 16.2 Å². The minimum Gasteiger partial charge on any atom is -0.432 e. The van der Waals surface area contributed by atoms with Crippen molar-refractivity contribution in [3.8, 4) is 0 Å². The number of hydrogen-bond donors (Lipinski definition) is 2. The standard InChI is InChI=1S/C17H19ClN4O3/c1-22(2)15(23)14-19-10-8-9(18)12-11(13(10)25-14)17(21-16(24)20-12)6-4-3-5-7-17/h8H,3-7H2,1-2H3,(H2,20,21,24). The van der Waals surface area contributed by atoms with Gasteiger partial charge in [0.2, 0.25) is 0 Å². The molecule has 1 aromatic heterocycles. The normalized spacial score (nSPS) is 18.6. The lowest BCUT2D eigenvalue weighted by molar-refractivity contribution is 0.0791. The Morgan fingerprint density at radius 2 is 2.04 bits per heavy atom. The van der Waals surface area contributed by atoms with E-state index in [1.54, 1.807) is 20.2 Å². The van der Waals surface area contributed by atoms with Crippen LogP contribution >= 0.6 is 11.6 Å². The number of benzene rings is 1. The molecule has 1 aliphatic heterocycles. The Hall–Kier alpha value is -2.28. The van der Waals surface area contributed by atoms with Gasteiger partial charge in [0, 0.05) is 19.7 Å². The molecular formula is C17H19ClN4O3. The van der Waals surface area contributed by atoms with E-state index in [0.29, 0.717) is 21.8 Å². The van der Waals surface area contributed by atoms with Crippen molar-refractivity contribution in [1.82, 2.24) is 15.2 Å². The number of urea groups is 1. The SMILES string of the molecule is CN(C)C(=O)c1nc2cc(Cl)c3c(c2o1)C1(CCCCC1)NC(=O)N3. The molecule has 0 saturated heterocycles. The van der Waals surface area contributed by atoms with Crippen LogP contribution in [0.2, 0.25) is 5.02 Å². The van der Waals surface area contributed by atoms with Gasteiger partial charge < -0.3 is 20.0 Å². The molecule has 25 heavy (non-hydrogen) atoms. The summed E-state index contributed by atoms with van der Waals surface area (Å²) in [5, 5.41) is 6.27. The number of rotatable bonds is 1. The number of aromatic nitrogens is 1. The minimum absolute atomic E-state index is 0.0207. The van der Waals surface area contributed by atoms with E-state index >= 15 is 0 Å². The first-order valence-electron chi connectivity index (χ1n) is 8.36. The highest BCUT2D eigenvalue weighted by Crippen LogP contribution is 2.48. The maximum Gasteiger partial charge on any atom is 0.319 e. The zero-order valence-electron chi connectivity index (χ0n) is 14.1. The van der Waals surface area contributed by atoms with Crippen LogP contribution in [0.5, 0.6) is 0 Å². The van der Waals surface area contributed by atoms with Gasteiger partial charge in [0.1, 0.15) is 5.52 Å². The summed E-state index contributed by atoms with van der Waals surface area (Å²) >= 11 is 6.42. The molecule has 1 saturated carbocycles. The zero-order chi connectivity index (χ0) is 17.8. The van der Waals surface area contributed by atoms with Crippen LogP contribution in [-0.4, -0.2) is 35.9 Å². The maximum atomic E-state index is 12.2. The summed E-state index contributed by atoms with van der Waals surface area (Å²) in [5.74, 6) is -0.293. The van der Waals surface area contributed by atoms with Crippen LogP contribution in [0.3, 0.4) is 0 Å². The Labute approximate surface area is 149 Å². The largest absolute Gasteiger partial charge is 0.432 e. The molecule has 0 atom stereocenters. The summed E-state index contributed by atoms with van der Waals surface area (Å²) in [6.07, 6.45) is 4.75. The van der Waals surface area contributed by atoms with Crippen LogP contribution in [0.15, 0.2) is 10.5 Å². The third-order valence-corrected chi connectivity index (χ3v) is 5.30. The van der Waals surface area contributed by atoms with Crippen molar-refractivity contribution in [2.45, 2.75) is 37.6 Å². The first-order valence-corrected chi connectivity index (χ1v) is 8.73. The molecule has 1 fully saturated rings. The Balaban J connectivity index is 1.98. The van der Waals surface area contributed by atoms with E-state index in [1.807, 2.05) is 0 Å². The highest BCUT2D eigenvalue weighted by Gasteiger charge is 2.44. The smallest absolute Gasteiger partial charge is 0.319 e.